The Morgan fingerprint density at radius 3 is 2.38 bits per heavy atom. The van der Waals surface area contributed by atoms with Gasteiger partial charge in [0.1, 0.15) is 6.61 Å². The van der Waals surface area contributed by atoms with E-state index in [-0.39, 0.29) is 17.9 Å². The molecule has 6 heteroatoms. The molecule has 0 bridgehead atoms. The Balaban J connectivity index is 2.13. The molecule has 0 atom stereocenters. The van der Waals surface area contributed by atoms with E-state index >= 15 is 0 Å². The minimum atomic E-state index is -0.591. The summed E-state index contributed by atoms with van der Waals surface area (Å²) in [6.07, 6.45) is 0. The third kappa shape index (κ3) is 3.30. The number of rotatable bonds is 4. The lowest BCUT2D eigenvalue weighted by Gasteiger charge is -2.09. The van der Waals surface area contributed by atoms with Gasteiger partial charge in [-0.15, -0.1) is 0 Å². The number of nitrogens with two attached hydrogens (primary N) is 3. The van der Waals surface area contributed by atoms with Crippen LogP contribution in [0.1, 0.15) is 26.3 Å². The summed E-state index contributed by atoms with van der Waals surface area (Å²) >= 11 is 0. The first-order chi connectivity index (χ1) is 9.99. The van der Waals surface area contributed by atoms with Crippen LogP contribution in [0.25, 0.3) is 0 Å². The Morgan fingerprint density at radius 1 is 1.00 bits per heavy atom. The van der Waals surface area contributed by atoms with Crippen molar-refractivity contribution in [2.45, 2.75) is 6.61 Å². The van der Waals surface area contributed by atoms with E-state index in [1.54, 1.807) is 30.3 Å². The highest BCUT2D eigenvalue weighted by atomic mass is 16.5. The molecule has 0 heterocycles. The number of hydrogen-bond donors (Lipinski definition) is 3. The summed E-state index contributed by atoms with van der Waals surface area (Å²) in [5.41, 5.74) is 18.3. The first-order valence-corrected chi connectivity index (χ1v) is 6.19. The van der Waals surface area contributed by atoms with Crippen LogP contribution in [-0.4, -0.2) is 11.9 Å². The predicted octanol–water partition coefficient (Wildman–Crippen LogP) is 1.31. The first kappa shape index (κ1) is 14.4. The number of nitrogen functional groups attached to an aromatic ring is 2. The summed E-state index contributed by atoms with van der Waals surface area (Å²) in [4.78, 5) is 23.2. The molecule has 0 radical (unpaired) electrons. The lowest BCUT2D eigenvalue weighted by molar-refractivity contribution is 0.0472. The molecule has 2 aromatic carbocycles. The van der Waals surface area contributed by atoms with Gasteiger partial charge in [0.2, 0.25) is 5.91 Å². The van der Waals surface area contributed by atoms with Gasteiger partial charge in [-0.1, -0.05) is 18.2 Å². The van der Waals surface area contributed by atoms with E-state index in [1.807, 2.05) is 0 Å². The monoisotopic (exact) mass is 285 g/mol. The van der Waals surface area contributed by atoms with Gasteiger partial charge in [-0.05, 0) is 24.3 Å². The zero-order valence-corrected chi connectivity index (χ0v) is 11.2. The minimum absolute atomic E-state index is 0.0677. The highest BCUT2D eigenvalue weighted by molar-refractivity contribution is 5.96. The molecule has 2 aromatic rings. The fourth-order valence-electron chi connectivity index (χ4n) is 1.87. The van der Waals surface area contributed by atoms with Crippen LogP contribution in [0.3, 0.4) is 0 Å². The van der Waals surface area contributed by atoms with Crippen LogP contribution in [0, 0.1) is 0 Å². The van der Waals surface area contributed by atoms with Crippen LogP contribution in [-0.2, 0) is 11.3 Å². The zero-order chi connectivity index (χ0) is 15.4. The molecule has 0 fully saturated rings. The lowest BCUT2D eigenvalue weighted by atomic mass is 10.1. The summed E-state index contributed by atoms with van der Waals surface area (Å²) in [5, 5.41) is 0. The van der Waals surface area contributed by atoms with Gasteiger partial charge in [0, 0.05) is 22.5 Å². The van der Waals surface area contributed by atoms with Crippen LogP contribution < -0.4 is 17.2 Å². The normalized spacial score (nSPS) is 10.1. The predicted molar refractivity (Wildman–Crippen MR) is 79.3 cm³/mol. The number of ether oxygens (including phenoxy) is 1. The van der Waals surface area contributed by atoms with Crippen molar-refractivity contribution in [3.63, 3.8) is 0 Å². The molecular formula is C15H15N3O3. The Bertz CT molecular complexity index is 698. The Morgan fingerprint density at radius 2 is 1.71 bits per heavy atom. The molecule has 108 valence electrons. The molecule has 0 saturated heterocycles. The second-order valence-corrected chi connectivity index (χ2v) is 4.44. The number of carbonyl (C=O) groups excluding carboxylic acids is 2. The van der Waals surface area contributed by atoms with Crippen molar-refractivity contribution in [2.75, 3.05) is 11.5 Å². The van der Waals surface area contributed by atoms with Crippen LogP contribution in [0.4, 0.5) is 11.4 Å². The Hall–Kier alpha value is -3.02. The summed E-state index contributed by atoms with van der Waals surface area (Å²) in [6, 6.07) is 11.2. The highest BCUT2D eigenvalue weighted by Gasteiger charge is 2.13. The maximum atomic E-state index is 12.0. The summed E-state index contributed by atoms with van der Waals surface area (Å²) in [7, 11) is 0. The molecule has 0 aliphatic rings. The SMILES string of the molecule is NC(=O)c1ccccc1COC(=O)c1ccc(N)cc1N. The van der Waals surface area contributed by atoms with Gasteiger partial charge >= 0.3 is 5.97 Å². The molecule has 0 saturated carbocycles. The van der Waals surface area contributed by atoms with Gasteiger partial charge in [0.15, 0.2) is 0 Å². The van der Waals surface area contributed by atoms with E-state index in [4.69, 9.17) is 21.9 Å². The van der Waals surface area contributed by atoms with Crippen molar-refractivity contribution in [1.29, 1.82) is 0 Å². The number of benzene rings is 2. The molecule has 0 spiro atoms. The molecule has 2 rings (SSSR count). The molecule has 1 amide bonds. The van der Waals surface area contributed by atoms with Gasteiger partial charge in [0.05, 0.1) is 5.56 Å². The largest absolute Gasteiger partial charge is 0.457 e. The van der Waals surface area contributed by atoms with Crippen molar-refractivity contribution < 1.29 is 14.3 Å². The van der Waals surface area contributed by atoms with Crippen LogP contribution in [0.2, 0.25) is 0 Å². The van der Waals surface area contributed by atoms with Gasteiger partial charge in [-0.25, -0.2) is 4.79 Å². The van der Waals surface area contributed by atoms with Crippen molar-refractivity contribution in [1.82, 2.24) is 0 Å². The van der Waals surface area contributed by atoms with Crippen LogP contribution >= 0.6 is 0 Å². The molecule has 0 unspecified atom stereocenters. The summed E-state index contributed by atoms with van der Waals surface area (Å²) in [5.74, 6) is -1.17. The third-order valence-corrected chi connectivity index (χ3v) is 2.94. The molecule has 0 aliphatic heterocycles. The quantitative estimate of drug-likeness (QED) is 0.577. The molecule has 21 heavy (non-hydrogen) atoms. The standard InChI is InChI=1S/C15H15N3O3/c16-10-5-6-12(13(17)7-10)15(20)21-8-9-3-1-2-4-11(9)14(18)19/h1-7H,8,16-17H2,(H2,18,19). The average molecular weight is 285 g/mol. The molecular weight excluding hydrogens is 270 g/mol. The number of primary amides is 1. The van der Waals surface area contributed by atoms with E-state index in [0.29, 0.717) is 16.8 Å². The fraction of sp³-hybridized carbons (Fsp3) is 0.0667. The second-order valence-electron chi connectivity index (χ2n) is 4.44. The Kier molecular flexibility index (Phi) is 4.08. The van der Waals surface area contributed by atoms with Crippen LogP contribution in [0.15, 0.2) is 42.5 Å². The van der Waals surface area contributed by atoms with Crippen molar-refractivity contribution >= 4 is 23.3 Å². The van der Waals surface area contributed by atoms with E-state index in [2.05, 4.69) is 0 Å². The first-order valence-electron chi connectivity index (χ1n) is 6.19. The third-order valence-electron chi connectivity index (χ3n) is 2.94. The molecule has 6 N–H and O–H groups in total. The molecule has 0 aromatic heterocycles. The van der Waals surface area contributed by atoms with Gasteiger partial charge in [0.25, 0.3) is 0 Å². The van der Waals surface area contributed by atoms with Gasteiger partial charge in [-0.2, -0.15) is 0 Å². The summed E-state index contributed by atoms with van der Waals surface area (Å²) in [6.45, 7) is -0.0677. The number of amides is 1. The number of hydrogen-bond acceptors (Lipinski definition) is 5. The second kappa shape index (κ2) is 5.96. The average Bonchev–Trinajstić information content (AvgIpc) is 2.45. The fourth-order valence-corrected chi connectivity index (χ4v) is 1.87. The maximum absolute atomic E-state index is 12.0. The van der Waals surface area contributed by atoms with Crippen molar-refractivity contribution in [3.8, 4) is 0 Å². The van der Waals surface area contributed by atoms with E-state index in [1.165, 1.54) is 12.1 Å². The number of esters is 1. The van der Waals surface area contributed by atoms with Crippen LogP contribution in [0.5, 0.6) is 0 Å². The zero-order valence-electron chi connectivity index (χ0n) is 11.2. The van der Waals surface area contributed by atoms with Crippen molar-refractivity contribution in [3.05, 3.63) is 59.2 Å². The van der Waals surface area contributed by atoms with E-state index in [0.717, 1.165) is 0 Å². The smallest absolute Gasteiger partial charge is 0.340 e. The van der Waals surface area contributed by atoms with Gasteiger partial charge in [-0.3, -0.25) is 4.79 Å². The number of carbonyl (C=O) groups is 2. The van der Waals surface area contributed by atoms with E-state index < -0.39 is 11.9 Å². The maximum Gasteiger partial charge on any atom is 0.340 e. The highest BCUT2D eigenvalue weighted by Crippen LogP contribution is 2.18. The summed E-state index contributed by atoms with van der Waals surface area (Å²) < 4.78 is 5.16. The van der Waals surface area contributed by atoms with E-state index in [9.17, 15) is 9.59 Å². The minimum Gasteiger partial charge on any atom is -0.457 e. The molecule has 6 nitrogen and oxygen atoms in total. The lowest BCUT2D eigenvalue weighted by Crippen LogP contribution is -2.15. The Labute approximate surface area is 121 Å². The van der Waals surface area contributed by atoms with Crippen molar-refractivity contribution in [2.24, 2.45) is 5.73 Å². The number of anilines is 2. The topological polar surface area (TPSA) is 121 Å². The van der Waals surface area contributed by atoms with Gasteiger partial charge < -0.3 is 21.9 Å². The molecule has 0 aliphatic carbocycles.